The molecule has 0 aliphatic rings. The van der Waals surface area contributed by atoms with Gasteiger partial charge >= 0.3 is 0 Å². The Labute approximate surface area is 106 Å². The first-order chi connectivity index (χ1) is 9.28. The molecule has 0 saturated heterocycles. The van der Waals surface area contributed by atoms with Gasteiger partial charge in [0.1, 0.15) is 17.9 Å². The maximum absolute atomic E-state index is 12.2. The second-order valence-corrected chi connectivity index (χ2v) is 3.96. The number of aliphatic hydroxyl groups excluding tert-OH is 1. The molecule has 0 bridgehead atoms. The number of fused-ring (bicyclic) bond motifs is 1. The molecule has 3 aromatic rings. The van der Waals surface area contributed by atoms with Gasteiger partial charge in [0.05, 0.1) is 18.2 Å². The predicted octanol–water partition coefficient (Wildman–Crippen LogP) is -0.619. The molecule has 0 radical (unpaired) electrons. The maximum atomic E-state index is 12.2. The highest BCUT2D eigenvalue weighted by molar-refractivity contribution is 5.76. The lowest BCUT2D eigenvalue weighted by atomic mass is 10.2. The van der Waals surface area contributed by atoms with Crippen molar-refractivity contribution in [3.8, 4) is 0 Å². The fourth-order valence-corrected chi connectivity index (χ4v) is 1.73. The zero-order valence-electron chi connectivity index (χ0n) is 9.84. The zero-order valence-corrected chi connectivity index (χ0v) is 9.84. The Morgan fingerprint density at radius 1 is 1.16 bits per heavy atom. The van der Waals surface area contributed by atoms with Crippen molar-refractivity contribution in [3.63, 3.8) is 0 Å². The highest BCUT2D eigenvalue weighted by Crippen LogP contribution is 2.03. The van der Waals surface area contributed by atoms with E-state index in [-0.39, 0.29) is 18.8 Å². The molecule has 3 rings (SSSR count). The first-order valence-corrected chi connectivity index (χ1v) is 5.60. The molecular weight excluding hydrogens is 248 g/mol. The molecule has 2 heterocycles. The largest absolute Gasteiger partial charge is 0.390 e. The van der Waals surface area contributed by atoms with Gasteiger partial charge in [0.15, 0.2) is 0 Å². The monoisotopic (exact) mass is 258 g/mol. The molecule has 0 unspecified atom stereocenters. The minimum atomic E-state index is -0.244. The Morgan fingerprint density at radius 2 is 2.00 bits per heavy atom. The number of rotatable bonds is 3. The number of nitrogens with zero attached hydrogens (tertiary/aromatic N) is 6. The van der Waals surface area contributed by atoms with Gasteiger partial charge in [0, 0.05) is 0 Å². The van der Waals surface area contributed by atoms with E-state index in [4.69, 9.17) is 5.11 Å². The van der Waals surface area contributed by atoms with Gasteiger partial charge in [0.2, 0.25) is 0 Å². The van der Waals surface area contributed by atoms with Gasteiger partial charge in [-0.15, -0.1) is 10.2 Å². The summed E-state index contributed by atoms with van der Waals surface area (Å²) in [5.74, 6) is 0. The summed E-state index contributed by atoms with van der Waals surface area (Å²) < 4.78 is 2.61. The van der Waals surface area contributed by atoms with Crippen molar-refractivity contribution in [2.75, 3.05) is 0 Å². The number of benzene rings is 1. The molecule has 8 heteroatoms. The number of aromatic nitrogens is 6. The third-order valence-electron chi connectivity index (χ3n) is 2.66. The van der Waals surface area contributed by atoms with Crippen molar-refractivity contribution >= 4 is 10.9 Å². The van der Waals surface area contributed by atoms with Crippen LogP contribution >= 0.6 is 0 Å². The van der Waals surface area contributed by atoms with E-state index < -0.39 is 0 Å². The van der Waals surface area contributed by atoms with Crippen LogP contribution in [0.3, 0.4) is 0 Å². The van der Waals surface area contributed by atoms with Gasteiger partial charge in [-0.2, -0.15) is 4.68 Å². The van der Waals surface area contributed by atoms with E-state index in [1.54, 1.807) is 30.5 Å². The van der Waals surface area contributed by atoms with Crippen LogP contribution in [-0.2, 0) is 13.3 Å². The van der Waals surface area contributed by atoms with Crippen molar-refractivity contribution in [1.29, 1.82) is 0 Å². The van der Waals surface area contributed by atoms with Crippen LogP contribution in [0.25, 0.3) is 10.9 Å². The fourth-order valence-electron chi connectivity index (χ4n) is 1.73. The quantitative estimate of drug-likeness (QED) is 0.672. The first-order valence-electron chi connectivity index (χ1n) is 5.60. The van der Waals surface area contributed by atoms with Crippen LogP contribution in [0, 0.1) is 0 Å². The van der Waals surface area contributed by atoms with Gasteiger partial charge in [-0.05, 0) is 12.1 Å². The average Bonchev–Trinajstić information content (AvgIpc) is 2.90. The molecule has 0 saturated carbocycles. The number of hydrogen-bond acceptors (Lipinski definition) is 6. The molecule has 0 spiro atoms. The molecule has 2 aromatic heterocycles. The summed E-state index contributed by atoms with van der Waals surface area (Å²) in [6.07, 6.45) is 1.54. The normalized spacial score (nSPS) is 11.0. The summed E-state index contributed by atoms with van der Waals surface area (Å²) in [6, 6.07) is 7.00. The average molecular weight is 258 g/mol. The summed E-state index contributed by atoms with van der Waals surface area (Å²) in [6.45, 7) is -0.0953. The Bertz CT molecular complexity index is 778. The van der Waals surface area contributed by atoms with Crippen LogP contribution in [0.5, 0.6) is 0 Å². The van der Waals surface area contributed by atoms with Crippen molar-refractivity contribution in [2.24, 2.45) is 0 Å². The highest BCUT2D eigenvalue weighted by atomic mass is 16.3. The summed E-state index contributed by atoms with van der Waals surface area (Å²) in [7, 11) is 0. The van der Waals surface area contributed by atoms with E-state index in [9.17, 15) is 4.79 Å². The molecular formula is C11H10N6O2. The third-order valence-corrected chi connectivity index (χ3v) is 2.66. The Balaban J connectivity index is 2.01. The van der Waals surface area contributed by atoms with Crippen LogP contribution in [0.4, 0.5) is 0 Å². The van der Waals surface area contributed by atoms with Crippen LogP contribution < -0.4 is 5.56 Å². The van der Waals surface area contributed by atoms with Gasteiger partial charge in [-0.25, -0.2) is 4.68 Å². The minimum Gasteiger partial charge on any atom is -0.390 e. The van der Waals surface area contributed by atoms with Gasteiger partial charge < -0.3 is 5.11 Å². The molecule has 1 aromatic carbocycles. The molecule has 0 aliphatic carbocycles. The molecule has 19 heavy (non-hydrogen) atoms. The summed E-state index contributed by atoms with van der Waals surface area (Å²) in [4.78, 5) is 12.2. The van der Waals surface area contributed by atoms with Crippen molar-refractivity contribution < 1.29 is 5.11 Å². The van der Waals surface area contributed by atoms with Crippen LogP contribution in [0.2, 0.25) is 0 Å². The Kier molecular flexibility index (Phi) is 2.76. The Hall–Kier alpha value is -2.61. The van der Waals surface area contributed by atoms with E-state index in [2.05, 4.69) is 20.6 Å². The van der Waals surface area contributed by atoms with Crippen LogP contribution in [0.15, 0.2) is 35.3 Å². The van der Waals surface area contributed by atoms with Crippen LogP contribution in [-0.4, -0.2) is 35.1 Å². The lowest BCUT2D eigenvalue weighted by Crippen LogP contribution is -2.27. The highest BCUT2D eigenvalue weighted by Gasteiger charge is 2.06. The fraction of sp³-hybridized carbons (Fsp3) is 0.182. The molecule has 8 nitrogen and oxygen atoms in total. The summed E-state index contributed by atoms with van der Waals surface area (Å²) in [5.41, 5.74) is 0.742. The first kappa shape index (κ1) is 11.5. The molecule has 96 valence electrons. The number of aliphatic hydroxyl groups is 1. The second kappa shape index (κ2) is 4.58. The van der Waals surface area contributed by atoms with Crippen molar-refractivity contribution in [2.45, 2.75) is 13.3 Å². The second-order valence-electron chi connectivity index (χ2n) is 3.96. The Morgan fingerprint density at radius 3 is 2.79 bits per heavy atom. The van der Waals surface area contributed by atoms with E-state index in [1.165, 1.54) is 9.36 Å². The topological polar surface area (TPSA) is 98.7 Å². The van der Waals surface area contributed by atoms with Gasteiger partial charge in [-0.1, -0.05) is 22.6 Å². The third kappa shape index (κ3) is 2.08. The van der Waals surface area contributed by atoms with E-state index in [0.717, 1.165) is 0 Å². The standard InChI is InChI=1S/C11H10N6O2/c18-6-8-5-16(14-12-8)7-17-11(19)9-3-1-2-4-10(9)13-15-17/h1-5,18H,6-7H2. The molecule has 0 aliphatic heterocycles. The molecule has 0 atom stereocenters. The molecule has 1 N–H and O–H groups in total. The summed E-state index contributed by atoms with van der Waals surface area (Å²) >= 11 is 0. The van der Waals surface area contributed by atoms with Gasteiger partial charge in [-0.3, -0.25) is 4.79 Å². The lowest BCUT2D eigenvalue weighted by molar-refractivity contribution is 0.276. The van der Waals surface area contributed by atoms with E-state index in [0.29, 0.717) is 16.6 Å². The minimum absolute atomic E-state index is 0.101. The van der Waals surface area contributed by atoms with Crippen molar-refractivity contribution in [1.82, 2.24) is 30.0 Å². The maximum Gasteiger partial charge on any atom is 0.279 e. The van der Waals surface area contributed by atoms with Crippen molar-refractivity contribution in [3.05, 3.63) is 46.5 Å². The smallest absolute Gasteiger partial charge is 0.279 e. The van der Waals surface area contributed by atoms with E-state index in [1.807, 2.05) is 0 Å². The summed E-state index contributed by atoms with van der Waals surface area (Å²) in [5, 5.41) is 24.7. The van der Waals surface area contributed by atoms with Gasteiger partial charge in [0.25, 0.3) is 5.56 Å². The SMILES string of the molecule is O=c1c2ccccc2nnn1Cn1cc(CO)nn1. The van der Waals surface area contributed by atoms with E-state index >= 15 is 0 Å². The van der Waals surface area contributed by atoms with Crippen LogP contribution in [0.1, 0.15) is 5.69 Å². The molecule has 0 amide bonds. The zero-order chi connectivity index (χ0) is 13.2. The molecule has 0 fully saturated rings. The lowest BCUT2D eigenvalue weighted by Gasteiger charge is -2.03. The number of hydrogen-bond donors (Lipinski definition) is 1. The predicted molar refractivity (Wildman–Crippen MR) is 65.1 cm³/mol.